The number of aryl methyl sites for hydroxylation is 3. The molecule has 84 valence electrons. The van der Waals surface area contributed by atoms with Gasteiger partial charge in [-0.1, -0.05) is 38.5 Å². The lowest BCUT2D eigenvalue weighted by Crippen LogP contribution is -2.27. The smallest absolute Gasteiger partial charge is 0.0349 e. The quantitative estimate of drug-likeness (QED) is 0.744. The van der Waals surface area contributed by atoms with Gasteiger partial charge in [-0.3, -0.25) is 0 Å². The second-order valence-electron chi connectivity index (χ2n) is 5.66. The van der Waals surface area contributed by atoms with Crippen LogP contribution in [-0.2, 0) is 0 Å². The Balaban J connectivity index is 3.26. The number of nitrogens with two attached hydrogens (primary N) is 1. The molecule has 0 spiro atoms. The van der Waals surface area contributed by atoms with Crippen LogP contribution in [0.5, 0.6) is 0 Å². The summed E-state index contributed by atoms with van der Waals surface area (Å²) in [6.45, 7) is 13.0. The summed E-state index contributed by atoms with van der Waals surface area (Å²) >= 11 is 0. The van der Waals surface area contributed by atoms with E-state index in [-0.39, 0.29) is 11.5 Å². The molecule has 2 N–H and O–H groups in total. The summed E-state index contributed by atoms with van der Waals surface area (Å²) < 4.78 is 0. The van der Waals surface area contributed by atoms with Crippen LogP contribution in [0.3, 0.4) is 0 Å². The molecule has 1 rings (SSSR count). The highest BCUT2D eigenvalue weighted by atomic mass is 14.7. The molecule has 0 aromatic heterocycles. The standard InChI is InChI=1S/C14H23N/c1-9-7-10(2)12(11(3)8-9)13(15)14(4,5)6/h7-8,13H,15H2,1-6H3/t13-/m1/s1. The van der Waals surface area contributed by atoms with Crippen molar-refractivity contribution in [3.05, 3.63) is 34.4 Å². The lowest BCUT2D eigenvalue weighted by Gasteiger charge is -2.30. The van der Waals surface area contributed by atoms with E-state index in [1.165, 1.54) is 22.3 Å². The fraction of sp³-hybridized carbons (Fsp3) is 0.571. The van der Waals surface area contributed by atoms with Gasteiger partial charge in [0.2, 0.25) is 0 Å². The molecule has 0 heterocycles. The monoisotopic (exact) mass is 205 g/mol. The van der Waals surface area contributed by atoms with Gasteiger partial charge in [-0.25, -0.2) is 0 Å². The van der Waals surface area contributed by atoms with Gasteiger partial charge in [-0.15, -0.1) is 0 Å². The maximum atomic E-state index is 6.32. The van der Waals surface area contributed by atoms with Crippen LogP contribution in [0, 0.1) is 26.2 Å². The molecule has 0 saturated carbocycles. The third kappa shape index (κ3) is 2.60. The average molecular weight is 205 g/mol. The van der Waals surface area contributed by atoms with Crippen LogP contribution in [0.4, 0.5) is 0 Å². The number of rotatable bonds is 1. The molecule has 1 aromatic carbocycles. The van der Waals surface area contributed by atoms with E-state index in [1.807, 2.05) is 0 Å². The van der Waals surface area contributed by atoms with E-state index in [9.17, 15) is 0 Å². The van der Waals surface area contributed by atoms with Gasteiger partial charge < -0.3 is 5.73 Å². The van der Waals surface area contributed by atoms with Crippen molar-refractivity contribution in [3.63, 3.8) is 0 Å². The highest BCUT2D eigenvalue weighted by Crippen LogP contribution is 2.34. The van der Waals surface area contributed by atoms with Crippen LogP contribution in [0.2, 0.25) is 0 Å². The van der Waals surface area contributed by atoms with Crippen molar-refractivity contribution in [1.82, 2.24) is 0 Å². The summed E-state index contributed by atoms with van der Waals surface area (Å²) in [6.07, 6.45) is 0. The SMILES string of the molecule is Cc1cc(C)c([C@@H](N)C(C)(C)C)c(C)c1. The fourth-order valence-electron chi connectivity index (χ4n) is 2.11. The van der Waals surface area contributed by atoms with Crippen molar-refractivity contribution in [3.8, 4) is 0 Å². The van der Waals surface area contributed by atoms with E-state index < -0.39 is 0 Å². The predicted molar refractivity (Wildman–Crippen MR) is 67.0 cm³/mol. The predicted octanol–water partition coefficient (Wildman–Crippen LogP) is 3.66. The summed E-state index contributed by atoms with van der Waals surface area (Å²) in [5, 5.41) is 0. The molecule has 0 fully saturated rings. The van der Waals surface area contributed by atoms with Crippen molar-refractivity contribution in [2.45, 2.75) is 47.6 Å². The minimum Gasteiger partial charge on any atom is -0.323 e. The summed E-state index contributed by atoms with van der Waals surface area (Å²) in [6, 6.07) is 4.54. The largest absolute Gasteiger partial charge is 0.323 e. The van der Waals surface area contributed by atoms with Gasteiger partial charge in [0.15, 0.2) is 0 Å². The Kier molecular flexibility index (Phi) is 3.25. The minimum absolute atomic E-state index is 0.109. The molecule has 0 saturated heterocycles. The molecule has 1 nitrogen and oxygen atoms in total. The first-order valence-electron chi connectivity index (χ1n) is 5.57. The maximum Gasteiger partial charge on any atom is 0.0349 e. The molecular formula is C14H23N. The van der Waals surface area contributed by atoms with Gasteiger partial charge in [-0.2, -0.15) is 0 Å². The number of hydrogen-bond acceptors (Lipinski definition) is 1. The average Bonchev–Trinajstić information content (AvgIpc) is 1.99. The zero-order valence-corrected chi connectivity index (χ0v) is 10.8. The molecular weight excluding hydrogens is 182 g/mol. The van der Waals surface area contributed by atoms with E-state index in [0.717, 1.165) is 0 Å². The van der Waals surface area contributed by atoms with E-state index in [0.29, 0.717) is 0 Å². The summed E-state index contributed by atoms with van der Waals surface area (Å²) in [4.78, 5) is 0. The molecule has 1 aromatic rings. The van der Waals surface area contributed by atoms with Crippen molar-refractivity contribution in [2.75, 3.05) is 0 Å². The Morgan fingerprint density at radius 2 is 1.40 bits per heavy atom. The maximum absolute atomic E-state index is 6.32. The zero-order valence-electron chi connectivity index (χ0n) is 10.8. The van der Waals surface area contributed by atoms with Crippen LogP contribution in [0.15, 0.2) is 12.1 Å². The highest BCUT2D eigenvalue weighted by molar-refractivity contribution is 5.40. The summed E-state index contributed by atoms with van der Waals surface area (Å²) in [7, 11) is 0. The topological polar surface area (TPSA) is 26.0 Å². The van der Waals surface area contributed by atoms with Gasteiger partial charge in [0.1, 0.15) is 0 Å². The van der Waals surface area contributed by atoms with Gasteiger partial charge in [0, 0.05) is 6.04 Å². The normalized spacial score (nSPS) is 14.1. The summed E-state index contributed by atoms with van der Waals surface area (Å²) in [5.74, 6) is 0. The first kappa shape index (κ1) is 12.3. The molecule has 0 radical (unpaired) electrons. The Labute approximate surface area is 93.7 Å². The Morgan fingerprint density at radius 3 is 1.73 bits per heavy atom. The van der Waals surface area contributed by atoms with Crippen molar-refractivity contribution >= 4 is 0 Å². The molecule has 0 aliphatic heterocycles. The fourth-order valence-corrected chi connectivity index (χ4v) is 2.11. The van der Waals surface area contributed by atoms with E-state index >= 15 is 0 Å². The van der Waals surface area contributed by atoms with Crippen LogP contribution in [0.1, 0.15) is 49.1 Å². The third-order valence-corrected chi connectivity index (χ3v) is 2.98. The van der Waals surface area contributed by atoms with Gasteiger partial charge in [0.25, 0.3) is 0 Å². The first-order chi connectivity index (χ1) is 6.73. The lowest BCUT2D eigenvalue weighted by molar-refractivity contribution is 0.325. The molecule has 0 aliphatic rings. The zero-order chi connectivity index (χ0) is 11.8. The Hall–Kier alpha value is -0.820. The number of benzene rings is 1. The van der Waals surface area contributed by atoms with Crippen molar-refractivity contribution < 1.29 is 0 Å². The lowest BCUT2D eigenvalue weighted by atomic mass is 9.79. The van der Waals surface area contributed by atoms with Crippen LogP contribution in [0.25, 0.3) is 0 Å². The third-order valence-electron chi connectivity index (χ3n) is 2.98. The Bertz CT molecular complexity index is 335. The first-order valence-corrected chi connectivity index (χ1v) is 5.57. The molecule has 1 heteroatoms. The van der Waals surface area contributed by atoms with E-state index in [4.69, 9.17) is 5.73 Å². The molecule has 0 aliphatic carbocycles. The van der Waals surface area contributed by atoms with E-state index in [2.05, 4.69) is 53.7 Å². The molecule has 0 amide bonds. The van der Waals surface area contributed by atoms with Crippen molar-refractivity contribution in [2.24, 2.45) is 11.1 Å². The van der Waals surface area contributed by atoms with E-state index in [1.54, 1.807) is 0 Å². The minimum atomic E-state index is 0.109. The van der Waals surface area contributed by atoms with Crippen LogP contribution >= 0.6 is 0 Å². The molecule has 15 heavy (non-hydrogen) atoms. The molecule has 1 atom stereocenters. The van der Waals surface area contributed by atoms with Gasteiger partial charge in [0.05, 0.1) is 0 Å². The van der Waals surface area contributed by atoms with Crippen LogP contribution in [-0.4, -0.2) is 0 Å². The second kappa shape index (κ2) is 3.97. The van der Waals surface area contributed by atoms with Gasteiger partial charge >= 0.3 is 0 Å². The molecule has 0 unspecified atom stereocenters. The highest BCUT2D eigenvalue weighted by Gasteiger charge is 2.24. The Morgan fingerprint density at radius 1 is 1.00 bits per heavy atom. The van der Waals surface area contributed by atoms with Gasteiger partial charge in [-0.05, 0) is 42.9 Å². The number of hydrogen-bond donors (Lipinski definition) is 1. The van der Waals surface area contributed by atoms with Crippen molar-refractivity contribution in [1.29, 1.82) is 0 Å². The second-order valence-corrected chi connectivity index (χ2v) is 5.66. The summed E-state index contributed by atoms with van der Waals surface area (Å²) in [5.41, 5.74) is 11.7. The van der Waals surface area contributed by atoms with Crippen LogP contribution < -0.4 is 5.73 Å². The molecule has 0 bridgehead atoms.